The topological polar surface area (TPSA) is 29.1 Å². The van der Waals surface area contributed by atoms with Crippen molar-refractivity contribution in [2.75, 3.05) is 5.32 Å². The molecule has 2 nitrogen and oxygen atoms in total. The first-order valence-electron chi connectivity index (χ1n) is 4.63. The van der Waals surface area contributed by atoms with Crippen LogP contribution in [-0.2, 0) is 4.79 Å². The molecule has 1 amide bonds. The van der Waals surface area contributed by atoms with Crippen molar-refractivity contribution in [3.8, 4) is 12.3 Å². The lowest BCUT2D eigenvalue weighted by atomic mass is 10.2. The third-order valence-corrected chi connectivity index (χ3v) is 2.55. The zero-order valence-corrected chi connectivity index (χ0v) is 10.1. The largest absolute Gasteiger partial charge is 0.325 e. The Bertz CT molecular complexity index is 407. The Labute approximate surface area is 98.2 Å². The number of aryl methyl sites for hydroxylation is 1. The van der Waals surface area contributed by atoms with Crippen LogP contribution in [0.4, 0.5) is 5.69 Å². The maximum atomic E-state index is 11.4. The van der Waals surface area contributed by atoms with Gasteiger partial charge in [0, 0.05) is 17.3 Å². The summed E-state index contributed by atoms with van der Waals surface area (Å²) in [4.78, 5) is 11.4. The third kappa shape index (κ3) is 3.77. The Morgan fingerprint density at radius 2 is 2.33 bits per heavy atom. The number of hydrogen-bond donors (Lipinski definition) is 1. The Morgan fingerprint density at radius 3 is 2.93 bits per heavy atom. The van der Waals surface area contributed by atoms with Gasteiger partial charge in [-0.05, 0) is 40.5 Å². The van der Waals surface area contributed by atoms with Gasteiger partial charge in [-0.15, -0.1) is 12.3 Å². The monoisotopic (exact) mass is 265 g/mol. The fourth-order valence-corrected chi connectivity index (χ4v) is 1.71. The number of anilines is 1. The highest BCUT2D eigenvalue weighted by Gasteiger charge is 2.04. The highest BCUT2D eigenvalue weighted by Crippen LogP contribution is 2.23. The summed E-state index contributed by atoms with van der Waals surface area (Å²) in [6.07, 6.45) is 5.91. The molecule has 0 aliphatic rings. The first-order chi connectivity index (χ1) is 7.13. The van der Waals surface area contributed by atoms with E-state index in [0.717, 1.165) is 15.7 Å². The summed E-state index contributed by atoms with van der Waals surface area (Å²) in [5.74, 6) is 2.38. The molecule has 0 bridgehead atoms. The molecule has 0 saturated heterocycles. The van der Waals surface area contributed by atoms with Crippen molar-refractivity contribution in [2.24, 2.45) is 0 Å². The van der Waals surface area contributed by atoms with E-state index in [-0.39, 0.29) is 5.91 Å². The molecule has 0 spiro atoms. The van der Waals surface area contributed by atoms with Crippen molar-refractivity contribution >= 4 is 27.5 Å². The first kappa shape index (κ1) is 11.8. The first-order valence-corrected chi connectivity index (χ1v) is 5.42. The molecule has 3 heteroatoms. The van der Waals surface area contributed by atoms with Crippen LogP contribution in [-0.4, -0.2) is 5.91 Å². The summed E-state index contributed by atoms with van der Waals surface area (Å²) in [6.45, 7) is 1.99. The molecule has 0 atom stereocenters. The van der Waals surface area contributed by atoms with Crippen LogP contribution in [0.1, 0.15) is 18.4 Å². The van der Waals surface area contributed by atoms with Gasteiger partial charge in [-0.2, -0.15) is 0 Å². The van der Waals surface area contributed by atoms with Crippen molar-refractivity contribution in [1.82, 2.24) is 0 Å². The van der Waals surface area contributed by atoms with Gasteiger partial charge in [-0.3, -0.25) is 4.79 Å². The van der Waals surface area contributed by atoms with E-state index in [9.17, 15) is 4.79 Å². The van der Waals surface area contributed by atoms with Gasteiger partial charge < -0.3 is 5.32 Å². The summed E-state index contributed by atoms with van der Waals surface area (Å²) >= 11 is 3.39. The predicted molar refractivity (Wildman–Crippen MR) is 65.6 cm³/mol. The zero-order chi connectivity index (χ0) is 11.3. The number of benzene rings is 1. The molecule has 0 fully saturated rings. The van der Waals surface area contributed by atoms with Crippen molar-refractivity contribution in [1.29, 1.82) is 0 Å². The van der Waals surface area contributed by atoms with Gasteiger partial charge in [0.2, 0.25) is 5.91 Å². The zero-order valence-electron chi connectivity index (χ0n) is 8.51. The normalized spacial score (nSPS) is 9.40. The summed E-state index contributed by atoms with van der Waals surface area (Å²) in [5, 5.41) is 2.79. The summed E-state index contributed by atoms with van der Waals surface area (Å²) in [7, 11) is 0. The smallest absolute Gasteiger partial charge is 0.225 e. The molecule has 0 saturated carbocycles. The fourth-order valence-electron chi connectivity index (χ4n) is 1.12. The van der Waals surface area contributed by atoms with E-state index in [1.54, 1.807) is 0 Å². The van der Waals surface area contributed by atoms with Crippen LogP contribution in [0, 0.1) is 19.3 Å². The van der Waals surface area contributed by atoms with Crippen molar-refractivity contribution < 1.29 is 4.79 Å². The molecular weight excluding hydrogens is 254 g/mol. The van der Waals surface area contributed by atoms with Crippen LogP contribution >= 0.6 is 15.9 Å². The maximum absolute atomic E-state index is 11.4. The van der Waals surface area contributed by atoms with Gasteiger partial charge in [-0.25, -0.2) is 0 Å². The number of amides is 1. The van der Waals surface area contributed by atoms with Crippen LogP contribution in [0.2, 0.25) is 0 Å². The van der Waals surface area contributed by atoms with E-state index in [1.807, 2.05) is 25.1 Å². The number of hydrogen-bond acceptors (Lipinski definition) is 1. The summed E-state index contributed by atoms with van der Waals surface area (Å²) in [6, 6.07) is 5.77. The lowest BCUT2D eigenvalue weighted by Crippen LogP contribution is -2.11. The van der Waals surface area contributed by atoms with Crippen LogP contribution in [0.5, 0.6) is 0 Å². The molecule has 0 aromatic heterocycles. The van der Waals surface area contributed by atoms with Crippen LogP contribution in [0.15, 0.2) is 22.7 Å². The number of terminal acetylenes is 1. The van der Waals surface area contributed by atoms with Crippen molar-refractivity contribution in [3.63, 3.8) is 0 Å². The Kier molecular flexibility index (Phi) is 4.38. The highest BCUT2D eigenvalue weighted by atomic mass is 79.9. The number of halogens is 1. The quantitative estimate of drug-likeness (QED) is 0.837. The van der Waals surface area contributed by atoms with Crippen molar-refractivity contribution in [3.05, 3.63) is 28.2 Å². The van der Waals surface area contributed by atoms with Crippen LogP contribution in [0.25, 0.3) is 0 Å². The minimum Gasteiger partial charge on any atom is -0.325 e. The SMILES string of the molecule is C#CCCC(=O)Nc1ccc(C)cc1Br. The molecule has 0 unspecified atom stereocenters. The molecule has 0 aliphatic heterocycles. The van der Waals surface area contributed by atoms with Gasteiger partial charge in [0.25, 0.3) is 0 Å². The standard InChI is InChI=1S/C12H12BrNO/c1-3-4-5-12(15)14-11-7-6-9(2)8-10(11)13/h1,6-8H,4-5H2,2H3,(H,14,15). The van der Waals surface area contributed by atoms with E-state index in [1.165, 1.54) is 0 Å². The Balaban J connectivity index is 2.65. The second-order valence-electron chi connectivity index (χ2n) is 3.24. The van der Waals surface area contributed by atoms with E-state index in [2.05, 4.69) is 27.2 Å². The highest BCUT2D eigenvalue weighted by molar-refractivity contribution is 9.10. The van der Waals surface area contributed by atoms with Gasteiger partial charge >= 0.3 is 0 Å². The molecule has 1 rings (SSSR count). The lowest BCUT2D eigenvalue weighted by Gasteiger charge is -2.06. The Hall–Kier alpha value is -1.27. The fraction of sp³-hybridized carbons (Fsp3) is 0.250. The Morgan fingerprint density at radius 1 is 1.60 bits per heavy atom. The van der Waals surface area contributed by atoms with Crippen LogP contribution < -0.4 is 5.32 Å². The maximum Gasteiger partial charge on any atom is 0.225 e. The summed E-state index contributed by atoms with van der Waals surface area (Å²) in [5.41, 5.74) is 1.92. The summed E-state index contributed by atoms with van der Waals surface area (Å²) < 4.78 is 0.886. The second kappa shape index (κ2) is 5.57. The molecular formula is C12H12BrNO. The number of rotatable bonds is 3. The van der Waals surface area contributed by atoms with E-state index >= 15 is 0 Å². The van der Waals surface area contributed by atoms with Gasteiger partial charge in [0.15, 0.2) is 0 Å². The predicted octanol–water partition coefficient (Wildman–Crippen LogP) is 3.11. The van der Waals surface area contributed by atoms with Gasteiger partial charge in [0.1, 0.15) is 0 Å². The number of carbonyl (C=O) groups is 1. The minimum atomic E-state index is -0.0579. The second-order valence-corrected chi connectivity index (χ2v) is 4.09. The van der Waals surface area contributed by atoms with E-state index < -0.39 is 0 Å². The third-order valence-electron chi connectivity index (χ3n) is 1.90. The molecule has 0 radical (unpaired) electrons. The number of carbonyl (C=O) groups excluding carboxylic acids is 1. The lowest BCUT2D eigenvalue weighted by molar-refractivity contribution is -0.116. The molecule has 1 aromatic carbocycles. The molecule has 0 heterocycles. The van der Waals surface area contributed by atoms with Crippen molar-refractivity contribution in [2.45, 2.75) is 19.8 Å². The molecule has 15 heavy (non-hydrogen) atoms. The van der Waals surface area contributed by atoms with Crippen LogP contribution in [0.3, 0.4) is 0 Å². The van der Waals surface area contributed by atoms with Gasteiger partial charge in [-0.1, -0.05) is 6.07 Å². The van der Waals surface area contributed by atoms with Gasteiger partial charge in [0.05, 0.1) is 5.69 Å². The van der Waals surface area contributed by atoms with E-state index in [4.69, 9.17) is 6.42 Å². The molecule has 1 N–H and O–H groups in total. The molecule has 1 aromatic rings. The minimum absolute atomic E-state index is 0.0579. The average Bonchev–Trinajstić information content (AvgIpc) is 2.19. The number of nitrogens with one attached hydrogen (secondary N) is 1. The molecule has 0 aliphatic carbocycles. The average molecular weight is 266 g/mol. The van der Waals surface area contributed by atoms with E-state index in [0.29, 0.717) is 12.8 Å². The molecule has 78 valence electrons.